The second-order valence-corrected chi connectivity index (χ2v) is 18.2. The van der Waals surface area contributed by atoms with E-state index in [1.165, 1.54) is 12.2 Å². The molecule has 4 aliphatic rings. The number of fused-ring (bicyclic) bond motifs is 6. The molecule has 0 aliphatic heterocycles. The van der Waals surface area contributed by atoms with Gasteiger partial charge in [-0.3, -0.25) is 14.4 Å². The number of hydrogen-bond acceptors (Lipinski definition) is 14. The molecule has 1 aromatic carbocycles. The van der Waals surface area contributed by atoms with Crippen LogP contribution >= 0.6 is 0 Å². The maximum absolute atomic E-state index is 17.4. The molecule has 63 heavy (non-hydrogen) atoms. The molecule has 0 saturated heterocycles. The molecule has 2 amide bonds. The molecule has 0 spiro atoms. The predicted octanol–water partition coefficient (Wildman–Crippen LogP) is 4.01. The number of allylic oxidation sites excluding steroid dienone is 4. The lowest BCUT2D eigenvalue weighted by atomic mass is 9.44. The Hall–Kier alpha value is -5.10. The van der Waals surface area contributed by atoms with Gasteiger partial charge < -0.3 is 46.7 Å². The lowest BCUT2D eigenvalue weighted by molar-refractivity contribution is -0.219. The van der Waals surface area contributed by atoms with Gasteiger partial charge in [-0.15, -0.1) is 0 Å². The van der Waals surface area contributed by atoms with Gasteiger partial charge in [0, 0.05) is 74.6 Å². The van der Waals surface area contributed by atoms with E-state index in [9.17, 15) is 24.6 Å². The molecule has 2 aromatic heterocycles. The number of halogens is 1. The minimum Gasteiger partial charge on any atom is -0.390 e. The summed E-state index contributed by atoms with van der Waals surface area (Å²) in [5.41, 5.74) is 9.22. The summed E-state index contributed by atoms with van der Waals surface area (Å²) in [6.45, 7) is 8.77. The first-order valence-corrected chi connectivity index (χ1v) is 22.1. The van der Waals surface area contributed by atoms with Crippen LogP contribution in [0.5, 0.6) is 0 Å². The molecule has 3 aromatic rings. The summed E-state index contributed by atoms with van der Waals surface area (Å²) >= 11 is 0. The van der Waals surface area contributed by atoms with E-state index >= 15 is 4.39 Å². The fraction of sp³-hybridized carbons (Fsp3) is 0.587. The number of aromatic nitrogens is 4. The van der Waals surface area contributed by atoms with Crippen LogP contribution in [0.25, 0.3) is 11.2 Å². The van der Waals surface area contributed by atoms with Gasteiger partial charge >= 0.3 is 0 Å². The smallest absolute Gasteiger partial charge is 0.252 e. The first-order valence-electron chi connectivity index (χ1n) is 22.1. The van der Waals surface area contributed by atoms with Crippen molar-refractivity contribution in [3.8, 4) is 0 Å². The van der Waals surface area contributed by atoms with Gasteiger partial charge in [0.2, 0.25) is 5.95 Å². The number of alkyl halides is 1. The summed E-state index contributed by atoms with van der Waals surface area (Å²) in [7, 11) is 1.91. The fourth-order valence-electron chi connectivity index (χ4n) is 10.9. The topological polar surface area (TPSA) is 241 Å². The molecule has 3 saturated carbocycles. The van der Waals surface area contributed by atoms with Crippen molar-refractivity contribution in [2.75, 3.05) is 62.9 Å². The number of carbonyl (C=O) groups is 3. The molecule has 0 radical (unpaired) electrons. The maximum Gasteiger partial charge on any atom is 0.252 e. The molecule has 0 bridgehead atoms. The van der Waals surface area contributed by atoms with Gasteiger partial charge in [-0.05, 0) is 107 Å². The van der Waals surface area contributed by atoms with Crippen LogP contribution in [-0.2, 0) is 25.6 Å². The van der Waals surface area contributed by atoms with Crippen LogP contribution in [0.4, 0.5) is 21.8 Å². The Bertz CT molecular complexity index is 2240. The molecule has 4 aliphatic carbocycles. The van der Waals surface area contributed by atoms with Crippen LogP contribution < -0.4 is 27.0 Å². The molecule has 8 atom stereocenters. The second kappa shape index (κ2) is 18.6. The van der Waals surface area contributed by atoms with Crippen molar-refractivity contribution in [3.63, 3.8) is 0 Å². The quantitative estimate of drug-likeness (QED) is 0.0991. The van der Waals surface area contributed by atoms with Crippen molar-refractivity contribution in [2.24, 2.45) is 28.6 Å². The Morgan fingerprint density at radius 1 is 0.968 bits per heavy atom. The Labute approximate surface area is 367 Å². The van der Waals surface area contributed by atoms with Crippen molar-refractivity contribution >= 4 is 46.2 Å². The van der Waals surface area contributed by atoms with Crippen molar-refractivity contribution in [1.29, 1.82) is 0 Å². The summed E-state index contributed by atoms with van der Waals surface area (Å²) in [5.74, 6) is -1.92. The molecule has 16 nitrogen and oxygen atoms in total. The fourth-order valence-corrected chi connectivity index (χ4v) is 10.9. The zero-order valence-electron chi connectivity index (χ0n) is 36.7. The van der Waals surface area contributed by atoms with E-state index in [2.05, 4.69) is 30.6 Å². The minimum atomic E-state index is -2.01. The minimum absolute atomic E-state index is 0.0430. The van der Waals surface area contributed by atoms with E-state index < -0.39 is 45.9 Å². The van der Waals surface area contributed by atoms with E-state index in [0.717, 1.165) is 18.5 Å². The zero-order valence-corrected chi connectivity index (χ0v) is 36.7. The number of ketones is 1. The van der Waals surface area contributed by atoms with Crippen LogP contribution in [-0.4, -0.2) is 112 Å². The van der Waals surface area contributed by atoms with Gasteiger partial charge in [-0.1, -0.05) is 25.5 Å². The average Bonchev–Trinajstić information content (AvgIpc) is 3.45. The van der Waals surface area contributed by atoms with Crippen LogP contribution in [0.3, 0.4) is 0 Å². The van der Waals surface area contributed by atoms with Crippen molar-refractivity contribution < 1.29 is 38.5 Å². The zero-order chi connectivity index (χ0) is 45.2. The highest BCUT2D eigenvalue weighted by molar-refractivity contribution is 6.01. The van der Waals surface area contributed by atoms with Crippen LogP contribution in [0.1, 0.15) is 88.2 Å². The number of nitrogens with two attached hydrogens (primary N) is 2. The van der Waals surface area contributed by atoms with Gasteiger partial charge in [0.25, 0.3) is 11.8 Å². The van der Waals surface area contributed by atoms with Crippen LogP contribution in [0.15, 0.2) is 54.3 Å². The number of amides is 2. The highest BCUT2D eigenvalue weighted by Gasteiger charge is 2.75. The highest BCUT2D eigenvalue weighted by Crippen LogP contribution is 2.70. The van der Waals surface area contributed by atoms with E-state index in [4.69, 9.17) is 20.9 Å². The van der Waals surface area contributed by atoms with Crippen LogP contribution in [0, 0.1) is 28.6 Å². The predicted molar refractivity (Wildman–Crippen MR) is 236 cm³/mol. The lowest BCUT2D eigenvalue weighted by Crippen LogP contribution is -2.70. The first kappa shape index (κ1) is 45.9. The molecule has 8 N–H and O–H groups in total. The molecule has 3 fully saturated rings. The Balaban J connectivity index is 0.738. The summed E-state index contributed by atoms with van der Waals surface area (Å²) in [6.07, 6.45) is 8.97. The third-order valence-electron chi connectivity index (χ3n) is 14.4. The number of unbranched alkanes of at least 4 members (excludes halogenated alkanes) is 1. The van der Waals surface area contributed by atoms with Gasteiger partial charge in [0.05, 0.1) is 24.5 Å². The number of hydrogen-bond donors (Lipinski definition) is 6. The van der Waals surface area contributed by atoms with E-state index in [1.807, 2.05) is 37.9 Å². The monoisotopic (exact) mass is 871 g/mol. The van der Waals surface area contributed by atoms with Gasteiger partial charge in [0.1, 0.15) is 0 Å². The van der Waals surface area contributed by atoms with Crippen molar-refractivity contribution in [2.45, 2.75) is 96.1 Å². The number of ether oxygens (including phenoxy) is 2. The number of rotatable bonds is 18. The standard InChI is InChI=1S/C46H62FN9O7/c1-28-23-35-34-14-11-30-24-33(57)15-16-43(30,2)45(34,47)36(58)25-44(35,3)46(28,61)41(60)51-18-8-22-63-20-6-5-19-62-21-7-17-50-40(59)29-9-12-32(13-10-29)56(4)27-31-26-52-39-37(53-31)38(48)54-42(49)55-39/h9-10,12-13,15-16,24,26,28,34-36,58,61H,5-8,11,14,17-23,25,27H2,1-4H3,(H,50,59)(H,51,60)(H4,48,49,52,54,55)/t28-,34?,35+,36+,43+,44+,45+,46+/m1/s1. The van der Waals surface area contributed by atoms with E-state index in [-0.39, 0.29) is 35.8 Å². The third kappa shape index (κ3) is 8.64. The van der Waals surface area contributed by atoms with Crippen LogP contribution in [0.2, 0.25) is 0 Å². The van der Waals surface area contributed by atoms with Gasteiger partial charge in [0.15, 0.2) is 34.0 Å². The Morgan fingerprint density at radius 3 is 2.33 bits per heavy atom. The SMILES string of the molecule is C[C@@H]1C[C@H]2C3CCC4=CC(=O)C=C[C@]4(C)[C@@]3(F)[C@@H](O)C[C@]2(C)[C@@]1(O)C(=O)NCCCOCCCCOCCCNC(=O)c1ccc(N(C)Cc2cnc3nc(N)nc(N)c3n2)cc1. The molecule has 2 heterocycles. The number of nitrogens with zero attached hydrogens (tertiary/aromatic N) is 5. The van der Waals surface area contributed by atoms with Crippen molar-refractivity contribution in [1.82, 2.24) is 30.6 Å². The number of carbonyl (C=O) groups excluding carboxylic acids is 3. The molecule has 340 valence electrons. The summed E-state index contributed by atoms with van der Waals surface area (Å²) in [6, 6.07) is 7.29. The molecule has 1 unspecified atom stereocenters. The number of nitrogen functional groups attached to an aromatic ring is 2. The summed E-state index contributed by atoms with van der Waals surface area (Å²) in [5, 5.41) is 29.6. The largest absolute Gasteiger partial charge is 0.390 e. The summed E-state index contributed by atoms with van der Waals surface area (Å²) in [4.78, 5) is 57.4. The van der Waals surface area contributed by atoms with E-state index in [1.54, 1.807) is 31.3 Å². The molecule has 7 rings (SSSR count). The normalized spacial score (nSPS) is 29.7. The maximum atomic E-state index is 17.4. The number of anilines is 3. The van der Waals surface area contributed by atoms with Gasteiger partial charge in [-0.2, -0.15) is 9.97 Å². The first-order chi connectivity index (χ1) is 30.0. The molecular formula is C46H62FN9O7. The Morgan fingerprint density at radius 2 is 1.63 bits per heavy atom. The number of benzene rings is 1. The van der Waals surface area contributed by atoms with E-state index in [0.29, 0.717) is 106 Å². The second-order valence-electron chi connectivity index (χ2n) is 18.2. The number of aliphatic hydroxyl groups is 2. The molecular weight excluding hydrogens is 810 g/mol. The third-order valence-corrected chi connectivity index (χ3v) is 14.4. The Kier molecular flexibility index (Phi) is 13.5. The number of aliphatic hydroxyl groups excluding tert-OH is 1. The molecule has 17 heteroatoms. The number of nitrogens with one attached hydrogen (secondary N) is 2. The average molecular weight is 872 g/mol. The highest BCUT2D eigenvalue weighted by atomic mass is 19.1. The summed E-state index contributed by atoms with van der Waals surface area (Å²) < 4.78 is 28.9. The lowest BCUT2D eigenvalue weighted by Gasteiger charge is -2.62. The van der Waals surface area contributed by atoms with Crippen molar-refractivity contribution in [3.05, 3.63) is 65.5 Å². The van der Waals surface area contributed by atoms with Gasteiger partial charge in [-0.25, -0.2) is 14.4 Å².